The number of pyridine rings is 1. The van der Waals surface area contributed by atoms with Gasteiger partial charge in [0.25, 0.3) is 0 Å². The van der Waals surface area contributed by atoms with Gasteiger partial charge in [-0.1, -0.05) is 24.3 Å². The molecule has 0 bridgehead atoms. The van der Waals surface area contributed by atoms with Crippen LogP contribution in [0.15, 0.2) is 54.2 Å². The first-order valence-electron chi connectivity index (χ1n) is 7.97. The fourth-order valence-electron chi connectivity index (χ4n) is 2.37. The monoisotopic (exact) mass is 353 g/mol. The van der Waals surface area contributed by atoms with E-state index in [0.717, 1.165) is 27.4 Å². The number of hydrogen-bond donors (Lipinski definition) is 1. The normalized spacial score (nSPS) is 10.6. The van der Waals surface area contributed by atoms with E-state index in [0.29, 0.717) is 19.6 Å². The number of ether oxygens (including phenoxy) is 1. The Kier molecular flexibility index (Phi) is 5.87. The van der Waals surface area contributed by atoms with Gasteiger partial charge in [0, 0.05) is 42.6 Å². The maximum Gasteiger partial charge on any atom is 0.224 e. The van der Waals surface area contributed by atoms with Crippen LogP contribution in [0.5, 0.6) is 0 Å². The quantitative estimate of drug-likeness (QED) is 0.663. The number of aromatic nitrogens is 2. The van der Waals surface area contributed by atoms with Crippen LogP contribution >= 0.6 is 11.3 Å². The minimum atomic E-state index is -0.00145. The van der Waals surface area contributed by atoms with Gasteiger partial charge in [0.15, 0.2) is 0 Å². The van der Waals surface area contributed by atoms with Crippen LogP contribution in [0, 0.1) is 0 Å². The van der Waals surface area contributed by atoms with Crippen LogP contribution in [-0.4, -0.2) is 36.1 Å². The van der Waals surface area contributed by atoms with Gasteiger partial charge in [0.2, 0.25) is 5.91 Å². The summed E-state index contributed by atoms with van der Waals surface area (Å²) in [6.45, 7) is 1.05. The molecule has 128 valence electrons. The van der Waals surface area contributed by atoms with Gasteiger partial charge in [-0.25, -0.2) is 4.98 Å². The lowest BCUT2D eigenvalue weighted by atomic mass is 10.1. The lowest BCUT2D eigenvalue weighted by Crippen LogP contribution is -2.28. The Bertz CT molecular complexity index is 816. The minimum absolute atomic E-state index is 0.00145. The third kappa shape index (κ3) is 4.71. The number of methoxy groups -OCH3 is 1. The number of nitrogens with zero attached hydrogens (tertiary/aromatic N) is 2. The summed E-state index contributed by atoms with van der Waals surface area (Å²) in [6, 6.07) is 11.8. The summed E-state index contributed by atoms with van der Waals surface area (Å²) in [6.07, 6.45) is 3.90. The Labute approximate surface area is 150 Å². The van der Waals surface area contributed by atoms with Crippen LogP contribution in [0.3, 0.4) is 0 Å². The molecule has 0 spiro atoms. The Morgan fingerprint density at radius 2 is 1.88 bits per heavy atom. The molecule has 1 N–H and O–H groups in total. The Morgan fingerprint density at radius 1 is 1.12 bits per heavy atom. The first-order chi connectivity index (χ1) is 12.3. The molecular weight excluding hydrogens is 334 g/mol. The Morgan fingerprint density at radius 3 is 2.60 bits per heavy atom. The van der Waals surface area contributed by atoms with Crippen molar-refractivity contribution in [3.8, 4) is 21.8 Å². The summed E-state index contributed by atoms with van der Waals surface area (Å²) in [5.74, 6) is -0.00145. The van der Waals surface area contributed by atoms with Crippen LogP contribution in [0.2, 0.25) is 0 Å². The molecule has 6 heteroatoms. The molecule has 0 saturated carbocycles. The van der Waals surface area contributed by atoms with Crippen LogP contribution in [-0.2, 0) is 16.0 Å². The zero-order valence-electron chi connectivity index (χ0n) is 13.9. The van der Waals surface area contributed by atoms with Crippen molar-refractivity contribution in [1.82, 2.24) is 15.3 Å². The first kappa shape index (κ1) is 17.3. The Balaban J connectivity index is 1.65. The fraction of sp³-hybridized carbons (Fsp3) is 0.211. The predicted octanol–water partition coefficient (Wildman–Crippen LogP) is 3.18. The van der Waals surface area contributed by atoms with Crippen molar-refractivity contribution < 1.29 is 9.53 Å². The summed E-state index contributed by atoms with van der Waals surface area (Å²) in [5, 5.41) is 5.84. The van der Waals surface area contributed by atoms with E-state index in [2.05, 4.69) is 15.3 Å². The summed E-state index contributed by atoms with van der Waals surface area (Å²) < 4.78 is 4.92. The van der Waals surface area contributed by atoms with Gasteiger partial charge in [-0.2, -0.15) is 0 Å². The van der Waals surface area contributed by atoms with E-state index in [-0.39, 0.29) is 5.91 Å². The van der Waals surface area contributed by atoms with Crippen LogP contribution < -0.4 is 5.32 Å². The average molecular weight is 353 g/mol. The second-order valence-electron chi connectivity index (χ2n) is 5.49. The zero-order valence-corrected chi connectivity index (χ0v) is 14.8. The summed E-state index contributed by atoms with van der Waals surface area (Å²) in [4.78, 5) is 20.5. The molecule has 1 amide bonds. The summed E-state index contributed by atoms with van der Waals surface area (Å²) in [5.41, 5.74) is 4.02. The highest BCUT2D eigenvalue weighted by Crippen LogP contribution is 2.28. The number of benzene rings is 1. The molecule has 1 aromatic carbocycles. The van der Waals surface area contributed by atoms with Gasteiger partial charge in [-0.3, -0.25) is 9.78 Å². The van der Waals surface area contributed by atoms with Gasteiger partial charge in [0.05, 0.1) is 18.7 Å². The van der Waals surface area contributed by atoms with Crippen molar-refractivity contribution in [3.63, 3.8) is 0 Å². The maximum absolute atomic E-state index is 11.8. The predicted molar refractivity (Wildman–Crippen MR) is 99.4 cm³/mol. The van der Waals surface area contributed by atoms with Crippen LogP contribution in [0.4, 0.5) is 0 Å². The minimum Gasteiger partial charge on any atom is -0.383 e. The second-order valence-corrected chi connectivity index (χ2v) is 6.35. The second kappa shape index (κ2) is 8.50. The van der Waals surface area contributed by atoms with Crippen molar-refractivity contribution in [2.45, 2.75) is 6.42 Å². The highest BCUT2D eigenvalue weighted by atomic mass is 32.1. The van der Waals surface area contributed by atoms with E-state index in [1.54, 1.807) is 30.8 Å². The van der Waals surface area contributed by atoms with E-state index in [9.17, 15) is 4.79 Å². The molecule has 2 heterocycles. The number of rotatable bonds is 7. The third-order valence-electron chi connectivity index (χ3n) is 3.67. The SMILES string of the molecule is COCCNC(=O)Cc1ccc(-c2csc(-c3ccncc3)n2)cc1. The smallest absolute Gasteiger partial charge is 0.224 e. The van der Waals surface area contributed by atoms with Gasteiger partial charge in [-0.15, -0.1) is 11.3 Å². The lowest BCUT2D eigenvalue weighted by Gasteiger charge is -2.05. The van der Waals surface area contributed by atoms with Crippen LogP contribution in [0.1, 0.15) is 5.56 Å². The summed E-state index contributed by atoms with van der Waals surface area (Å²) in [7, 11) is 1.61. The first-order valence-corrected chi connectivity index (χ1v) is 8.85. The van der Waals surface area contributed by atoms with E-state index >= 15 is 0 Å². The maximum atomic E-state index is 11.8. The number of amides is 1. The van der Waals surface area contributed by atoms with E-state index < -0.39 is 0 Å². The molecule has 3 rings (SSSR count). The molecule has 0 atom stereocenters. The van der Waals surface area contributed by atoms with Crippen molar-refractivity contribution in [1.29, 1.82) is 0 Å². The third-order valence-corrected chi connectivity index (χ3v) is 4.57. The molecular formula is C19H19N3O2S. The van der Waals surface area contributed by atoms with Gasteiger partial charge in [0.1, 0.15) is 5.01 Å². The largest absolute Gasteiger partial charge is 0.383 e. The molecule has 0 unspecified atom stereocenters. The highest BCUT2D eigenvalue weighted by Gasteiger charge is 2.08. The number of nitrogens with one attached hydrogen (secondary N) is 1. The number of carbonyl (C=O) groups excluding carboxylic acids is 1. The van der Waals surface area contributed by atoms with Crippen molar-refractivity contribution in [3.05, 3.63) is 59.7 Å². The number of carbonyl (C=O) groups is 1. The van der Waals surface area contributed by atoms with Gasteiger partial charge < -0.3 is 10.1 Å². The van der Waals surface area contributed by atoms with Gasteiger partial charge in [-0.05, 0) is 17.7 Å². The van der Waals surface area contributed by atoms with Crippen molar-refractivity contribution in [2.24, 2.45) is 0 Å². The summed E-state index contributed by atoms with van der Waals surface area (Å²) >= 11 is 1.61. The topological polar surface area (TPSA) is 64.1 Å². The van der Waals surface area contributed by atoms with E-state index in [1.807, 2.05) is 41.8 Å². The molecule has 3 aromatic rings. The molecule has 2 aromatic heterocycles. The average Bonchev–Trinajstić information content (AvgIpc) is 3.13. The number of hydrogen-bond acceptors (Lipinski definition) is 5. The van der Waals surface area contributed by atoms with E-state index in [4.69, 9.17) is 4.74 Å². The molecule has 0 radical (unpaired) electrons. The van der Waals surface area contributed by atoms with E-state index in [1.165, 1.54) is 0 Å². The van der Waals surface area contributed by atoms with Crippen molar-refractivity contribution >= 4 is 17.2 Å². The Hall–Kier alpha value is -2.57. The molecule has 0 saturated heterocycles. The lowest BCUT2D eigenvalue weighted by molar-refractivity contribution is -0.120. The zero-order chi connectivity index (χ0) is 17.5. The molecule has 0 aliphatic rings. The molecule has 25 heavy (non-hydrogen) atoms. The molecule has 0 aliphatic carbocycles. The van der Waals surface area contributed by atoms with Gasteiger partial charge >= 0.3 is 0 Å². The molecule has 5 nitrogen and oxygen atoms in total. The number of thiazole rings is 1. The van der Waals surface area contributed by atoms with Crippen LogP contribution in [0.25, 0.3) is 21.8 Å². The fourth-order valence-corrected chi connectivity index (χ4v) is 3.20. The molecule has 0 aliphatic heterocycles. The van der Waals surface area contributed by atoms with Crippen molar-refractivity contribution in [2.75, 3.05) is 20.3 Å². The standard InChI is InChI=1S/C19H19N3O2S/c1-24-11-10-21-18(23)12-14-2-4-15(5-3-14)17-13-25-19(22-17)16-6-8-20-9-7-16/h2-9,13H,10-12H2,1H3,(H,21,23). The molecule has 0 fully saturated rings. The highest BCUT2D eigenvalue weighted by molar-refractivity contribution is 7.13.